The van der Waals surface area contributed by atoms with Crippen molar-refractivity contribution in [3.05, 3.63) is 69.5 Å². The van der Waals surface area contributed by atoms with Gasteiger partial charge >= 0.3 is 258 Å². The van der Waals surface area contributed by atoms with Crippen molar-refractivity contribution in [2.45, 2.75) is 43.7 Å². The van der Waals surface area contributed by atoms with Gasteiger partial charge in [0.25, 0.3) is 0 Å². The number of primary amides is 1. The minimum absolute atomic E-state index is 0.0222. The summed E-state index contributed by atoms with van der Waals surface area (Å²) in [6.45, 7) is 1.46. The molecular formula is C30H37IN4O9S. The van der Waals surface area contributed by atoms with E-state index in [1.165, 1.54) is 12.1 Å². The number of fused-ring (bicyclic) bond motifs is 2. The number of hydrogen-bond donors (Lipinski definition) is 6. The van der Waals surface area contributed by atoms with E-state index in [1.807, 2.05) is 6.92 Å². The summed E-state index contributed by atoms with van der Waals surface area (Å²) in [7, 11) is 2.72. The van der Waals surface area contributed by atoms with E-state index in [0.717, 1.165) is 5.56 Å². The van der Waals surface area contributed by atoms with Crippen molar-refractivity contribution >= 4 is 55.2 Å². The molecule has 0 aromatic heterocycles. The van der Waals surface area contributed by atoms with Crippen LogP contribution in [0.3, 0.4) is 0 Å². The number of benzene rings is 2. The van der Waals surface area contributed by atoms with Gasteiger partial charge in [-0.25, -0.2) is 0 Å². The zero-order chi connectivity index (χ0) is 33.5. The van der Waals surface area contributed by atoms with Crippen molar-refractivity contribution in [1.29, 1.82) is 0 Å². The summed E-state index contributed by atoms with van der Waals surface area (Å²) >= 11 is -4.44. The van der Waals surface area contributed by atoms with Crippen LogP contribution in [0.15, 0.2) is 52.1 Å². The fourth-order valence-electron chi connectivity index (χ4n) is 5.65. The van der Waals surface area contributed by atoms with Crippen molar-refractivity contribution in [2.24, 2.45) is 11.7 Å². The van der Waals surface area contributed by atoms with Crippen LogP contribution in [0.25, 0.3) is 5.76 Å². The number of rotatable bonds is 7. The third-order valence-corrected chi connectivity index (χ3v) is 12.4. The number of aryl methyl sites for hydroxylation is 1. The Kier molecular flexibility index (Phi) is 9.99. The molecule has 0 saturated carbocycles. The number of anilines is 1. The molecule has 2 aliphatic rings. The molecule has 0 saturated heterocycles. The maximum atomic E-state index is 13.7. The molecule has 7 N–H and O–H groups in total. The number of carbonyl (C=O) groups is 3. The van der Waals surface area contributed by atoms with Crippen LogP contribution >= 0.6 is 20.2 Å². The summed E-state index contributed by atoms with van der Waals surface area (Å²) in [5.74, 6) is -3.75. The first kappa shape index (κ1) is 34.4. The predicted octanol–water partition coefficient (Wildman–Crippen LogP) is 2.17. The van der Waals surface area contributed by atoms with Gasteiger partial charge in [-0.15, -0.1) is 0 Å². The van der Waals surface area contributed by atoms with E-state index in [1.54, 1.807) is 56.2 Å². The fraction of sp³-hybridized carbons (Fsp3) is 0.367. The second-order valence-electron chi connectivity index (χ2n) is 11.4. The van der Waals surface area contributed by atoms with Crippen LogP contribution in [0.4, 0.5) is 5.69 Å². The van der Waals surface area contributed by atoms with Crippen LogP contribution in [-0.2, 0) is 37.4 Å². The Balaban J connectivity index is 1.85. The molecule has 0 bridgehead atoms. The van der Waals surface area contributed by atoms with E-state index < -0.39 is 78.5 Å². The number of nitrogens with zero attached hydrogens (tertiary/aromatic N) is 2. The molecule has 0 fully saturated rings. The van der Waals surface area contributed by atoms with Gasteiger partial charge in [-0.3, -0.25) is 0 Å². The number of aromatic hydroxyl groups is 1. The van der Waals surface area contributed by atoms with Gasteiger partial charge in [0.1, 0.15) is 0 Å². The summed E-state index contributed by atoms with van der Waals surface area (Å²) in [4.78, 5) is 42.5. The zero-order valence-electron chi connectivity index (χ0n) is 25.5. The Morgan fingerprint density at radius 3 is 2.22 bits per heavy atom. The number of aliphatic hydroxyl groups excluding tert-OH is 2. The second-order valence-corrected chi connectivity index (χ2v) is 16.7. The van der Waals surface area contributed by atoms with Gasteiger partial charge in [-0.2, -0.15) is 0 Å². The number of nitrogens with two attached hydrogens (primary N) is 1. The molecule has 1 aliphatic carbocycles. The molecule has 1 aliphatic heterocycles. The number of nitrogens with one attached hydrogen (secondary N) is 1. The molecule has 13 nitrogen and oxygen atoms in total. The van der Waals surface area contributed by atoms with E-state index in [9.17, 15) is 41.6 Å². The van der Waals surface area contributed by atoms with Crippen LogP contribution in [0.5, 0.6) is 5.75 Å². The topological polar surface area (TPSA) is 211 Å². The first-order valence-electron chi connectivity index (χ1n) is 13.9. The predicted molar refractivity (Wildman–Crippen MR) is 176 cm³/mol. The van der Waals surface area contributed by atoms with Crippen LogP contribution in [0, 0.1) is 12.8 Å². The number of sulfonamides is 1. The van der Waals surface area contributed by atoms with Crippen molar-refractivity contribution in [3.63, 3.8) is 0 Å². The average molecular weight is 757 g/mol. The summed E-state index contributed by atoms with van der Waals surface area (Å²) in [5, 5.41) is 34.0. The Morgan fingerprint density at radius 1 is 1.04 bits per heavy atom. The number of hydrogen-bond acceptors (Lipinski definition) is 11. The van der Waals surface area contributed by atoms with Gasteiger partial charge in [0, 0.05) is 0 Å². The van der Waals surface area contributed by atoms with Crippen molar-refractivity contribution in [2.75, 3.05) is 33.1 Å². The van der Waals surface area contributed by atoms with E-state index in [0.29, 0.717) is 11.3 Å². The number of amides is 1. The van der Waals surface area contributed by atoms with Crippen molar-refractivity contribution in [3.8, 4) is 5.75 Å². The number of allylic oxidation sites excluding steroid dienone is 1. The van der Waals surface area contributed by atoms with Gasteiger partial charge in [0.2, 0.25) is 0 Å². The molecule has 15 heteroatoms. The van der Waals surface area contributed by atoms with Crippen LogP contribution in [0.1, 0.15) is 35.1 Å². The number of halogens is 1. The van der Waals surface area contributed by atoms with Crippen molar-refractivity contribution < 1.29 is 41.6 Å². The standard InChI is InChI=1S/C30H37IN4O9S/c1-15-6-9-18(10-7-15)45(43,44)33-14-17-13-21(35(4)5)19-12-16-8-11-20(34(2)3)26(37)24(30(32)41)29(40)31(42)28(39)22(16)27(38)23(19)25(17)36/h6-7,9-10,13,16,20,33,36-38,42H,8,11-12,14H2,1-5H3,(H2,32,41)/b26-24-/t16-,20?/m1/s1. The monoisotopic (exact) mass is 756 g/mol. The molecule has 0 spiro atoms. The molecule has 1 heterocycles. The summed E-state index contributed by atoms with van der Waals surface area (Å²) < 4.78 is 37.1. The number of carbonyl (C=O) groups excluding carboxylic acids is 3. The number of aliphatic hydroxyl groups is 2. The molecule has 0 radical (unpaired) electrons. The summed E-state index contributed by atoms with van der Waals surface area (Å²) in [5.41, 5.74) is 6.18. The quantitative estimate of drug-likeness (QED) is 0.137. The van der Waals surface area contributed by atoms with Crippen molar-refractivity contribution in [1.82, 2.24) is 9.62 Å². The van der Waals surface area contributed by atoms with Gasteiger partial charge in [-0.1, -0.05) is 5.56 Å². The molecule has 45 heavy (non-hydrogen) atoms. The average Bonchev–Trinajstić information content (AvgIpc) is 2.95. The molecule has 4 rings (SSSR count). The molecule has 244 valence electrons. The van der Waals surface area contributed by atoms with E-state index >= 15 is 0 Å². The summed E-state index contributed by atoms with van der Waals surface area (Å²) in [6, 6.07) is 6.94. The van der Waals surface area contributed by atoms with Gasteiger partial charge in [-0.05, 0) is 6.92 Å². The Hall–Kier alpha value is -3.51. The molecule has 2 aromatic carbocycles. The van der Waals surface area contributed by atoms with Crippen LogP contribution in [-0.4, -0.2) is 79.8 Å². The Morgan fingerprint density at radius 2 is 1.67 bits per heavy atom. The Bertz CT molecular complexity index is 1730. The first-order chi connectivity index (χ1) is 21.0. The molecule has 2 aromatic rings. The molecular weight excluding hydrogens is 719 g/mol. The van der Waals surface area contributed by atoms with Gasteiger partial charge < -0.3 is 0 Å². The Labute approximate surface area is 269 Å². The second kappa shape index (κ2) is 13.1. The number of phenols is 1. The molecule has 2 atom stereocenters. The van der Waals surface area contributed by atoms with E-state index in [-0.39, 0.29) is 47.4 Å². The van der Waals surface area contributed by atoms with Crippen LogP contribution in [0.2, 0.25) is 0 Å². The van der Waals surface area contributed by atoms with E-state index in [2.05, 4.69) is 4.72 Å². The minimum atomic E-state index is -4.44. The summed E-state index contributed by atoms with van der Waals surface area (Å²) in [6.07, 6.45) is 0.449. The van der Waals surface area contributed by atoms with Gasteiger partial charge in [0.15, 0.2) is 0 Å². The SMILES string of the molecule is Cc1ccc(S(=O)(=O)NCc2cc(N(C)C)c3c(c2O)C(O)=C2C(=O)I(O)C(=O)/C(C(N)=O)=C(/O)C(N(C)C)CC[C@@H]2C3)cc1. The number of phenolic OH excluding ortho intramolecular Hbond substituents is 1. The third-order valence-electron chi connectivity index (χ3n) is 8.04. The molecule has 1 amide bonds. The fourth-order valence-corrected chi connectivity index (χ4v) is 9.40. The van der Waals surface area contributed by atoms with Gasteiger partial charge in [0.05, 0.1) is 0 Å². The number of likely N-dealkylation sites (N-methyl/N-ethyl adjacent to an activating group) is 1. The third kappa shape index (κ3) is 6.58. The zero-order valence-corrected chi connectivity index (χ0v) is 28.4. The van der Waals surface area contributed by atoms with Crippen LogP contribution < -0.4 is 15.4 Å². The maximum absolute atomic E-state index is 13.7. The normalized spacial score (nSPS) is 21.9. The van der Waals surface area contributed by atoms with E-state index in [4.69, 9.17) is 5.73 Å². The molecule has 1 unspecified atom stereocenters. The first-order valence-corrected chi connectivity index (χ1v) is 18.5.